The number of nitrogens with one attached hydrogen (secondary N) is 2. The molecule has 7 nitrogen and oxygen atoms in total. The van der Waals surface area contributed by atoms with E-state index < -0.39 is 29.6 Å². The van der Waals surface area contributed by atoms with E-state index in [-0.39, 0.29) is 22.8 Å². The van der Waals surface area contributed by atoms with Crippen molar-refractivity contribution in [2.75, 3.05) is 6.54 Å². The van der Waals surface area contributed by atoms with E-state index in [4.69, 9.17) is 5.73 Å². The van der Waals surface area contributed by atoms with Gasteiger partial charge < -0.3 is 16.4 Å². The molecule has 1 aromatic carbocycles. The molecule has 0 aliphatic carbocycles. The van der Waals surface area contributed by atoms with Gasteiger partial charge >= 0.3 is 6.18 Å². The summed E-state index contributed by atoms with van der Waals surface area (Å²) < 4.78 is 38.6. The first-order valence-electron chi connectivity index (χ1n) is 8.97. The zero-order chi connectivity index (χ0) is 22.8. The molecule has 31 heavy (non-hydrogen) atoms. The van der Waals surface area contributed by atoms with Crippen molar-refractivity contribution in [2.45, 2.75) is 19.6 Å². The van der Waals surface area contributed by atoms with Crippen molar-refractivity contribution in [3.05, 3.63) is 63.7 Å². The van der Waals surface area contributed by atoms with Gasteiger partial charge in [-0.2, -0.15) is 13.2 Å². The number of hydrogen-bond donors (Lipinski definition) is 3. The van der Waals surface area contributed by atoms with Gasteiger partial charge in [0.05, 0.1) is 11.4 Å². The minimum Gasteiger partial charge on any atom is -0.368 e. The van der Waals surface area contributed by atoms with Gasteiger partial charge in [0.2, 0.25) is 5.91 Å². The molecule has 0 bridgehead atoms. The summed E-state index contributed by atoms with van der Waals surface area (Å²) >= 11 is 0.898. The molecule has 4 N–H and O–H groups in total. The van der Waals surface area contributed by atoms with Crippen LogP contribution >= 0.6 is 11.3 Å². The van der Waals surface area contributed by atoms with Crippen LogP contribution in [0.5, 0.6) is 0 Å². The van der Waals surface area contributed by atoms with E-state index in [1.54, 1.807) is 19.1 Å². The second-order valence-corrected chi connectivity index (χ2v) is 7.63. The van der Waals surface area contributed by atoms with Crippen LogP contribution in [0.15, 0.2) is 36.4 Å². The van der Waals surface area contributed by atoms with Gasteiger partial charge in [0.1, 0.15) is 10.5 Å². The number of halogens is 3. The molecular formula is C20H17F3N4O3S. The molecule has 0 spiro atoms. The number of carbonyl (C=O) groups is 3. The monoisotopic (exact) mass is 450 g/mol. The van der Waals surface area contributed by atoms with Crippen LogP contribution in [0.3, 0.4) is 0 Å². The minimum atomic E-state index is -4.56. The highest BCUT2D eigenvalue weighted by molar-refractivity contribution is 7.20. The first kappa shape index (κ1) is 22.2. The van der Waals surface area contributed by atoms with E-state index in [0.29, 0.717) is 22.1 Å². The topological polar surface area (TPSA) is 114 Å². The summed E-state index contributed by atoms with van der Waals surface area (Å²) in [4.78, 5) is 39.2. The van der Waals surface area contributed by atoms with Crippen LogP contribution in [0.1, 0.15) is 36.9 Å². The fraction of sp³-hybridized carbons (Fsp3) is 0.200. The Kier molecular flexibility index (Phi) is 6.25. The number of aryl methyl sites for hydroxylation is 1. The van der Waals surface area contributed by atoms with Crippen molar-refractivity contribution in [2.24, 2.45) is 5.73 Å². The van der Waals surface area contributed by atoms with Gasteiger partial charge in [-0.1, -0.05) is 12.1 Å². The lowest BCUT2D eigenvalue weighted by Crippen LogP contribution is -2.33. The molecule has 0 fully saturated rings. The number of amides is 3. The second kappa shape index (κ2) is 8.72. The number of primary amides is 1. The molecule has 11 heteroatoms. The molecular weight excluding hydrogens is 433 g/mol. The average Bonchev–Trinajstić information content (AvgIpc) is 3.06. The summed E-state index contributed by atoms with van der Waals surface area (Å²) in [6, 6.07) is 8.54. The van der Waals surface area contributed by atoms with E-state index in [1.807, 2.05) is 0 Å². The fourth-order valence-corrected chi connectivity index (χ4v) is 3.88. The zero-order valence-corrected chi connectivity index (χ0v) is 17.0. The molecule has 3 aromatic rings. The molecule has 0 aliphatic heterocycles. The highest BCUT2D eigenvalue weighted by Crippen LogP contribution is 2.34. The van der Waals surface area contributed by atoms with E-state index in [9.17, 15) is 27.6 Å². The van der Waals surface area contributed by atoms with Gasteiger partial charge in [0.25, 0.3) is 11.8 Å². The van der Waals surface area contributed by atoms with Crippen molar-refractivity contribution < 1.29 is 27.6 Å². The number of carbonyl (C=O) groups excluding carboxylic acids is 3. The summed E-state index contributed by atoms with van der Waals surface area (Å²) in [5, 5.41) is 5.57. The van der Waals surface area contributed by atoms with Crippen molar-refractivity contribution in [3.8, 4) is 0 Å². The lowest BCUT2D eigenvalue weighted by atomic mass is 10.1. The Morgan fingerprint density at radius 2 is 1.71 bits per heavy atom. The first-order chi connectivity index (χ1) is 14.6. The predicted octanol–water partition coefficient (Wildman–Crippen LogP) is 2.77. The normalized spacial score (nSPS) is 11.4. The van der Waals surface area contributed by atoms with E-state index in [2.05, 4.69) is 15.6 Å². The fourth-order valence-electron chi connectivity index (χ4n) is 2.78. The highest BCUT2D eigenvalue weighted by atomic mass is 32.1. The molecule has 162 valence electrons. The van der Waals surface area contributed by atoms with Gasteiger partial charge in [-0.3, -0.25) is 14.4 Å². The van der Waals surface area contributed by atoms with Gasteiger partial charge in [-0.05, 0) is 42.3 Å². The molecule has 2 heterocycles. The van der Waals surface area contributed by atoms with Crippen LogP contribution < -0.4 is 16.4 Å². The van der Waals surface area contributed by atoms with Crippen LogP contribution in [0.25, 0.3) is 10.2 Å². The maximum absolute atomic E-state index is 12.9. The summed E-state index contributed by atoms with van der Waals surface area (Å²) in [5.74, 6) is -1.55. The van der Waals surface area contributed by atoms with Crippen molar-refractivity contribution in [1.29, 1.82) is 0 Å². The minimum absolute atomic E-state index is 0.142. The second-order valence-electron chi connectivity index (χ2n) is 6.63. The number of nitrogens with zero attached hydrogens (tertiary/aromatic N) is 1. The Morgan fingerprint density at radius 3 is 2.32 bits per heavy atom. The van der Waals surface area contributed by atoms with Crippen LogP contribution in [0.2, 0.25) is 0 Å². The number of nitrogens with two attached hydrogens (primary N) is 1. The van der Waals surface area contributed by atoms with Gasteiger partial charge in [0, 0.05) is 17.5 Å². The van der Waals surface area contributed by atoms with Crippen LogP contribution in [-0.2, 0) is 17.5 Å². The van der Waals surface area contributed by atoms with Crippen molar-refractivity contribution in [1.82, 2.24) is 15.6 Å². The SMILES string of the molecule is Cc1c(C(=O)NCc2ccc(C(=O)NCC(N)=O)cc2)sc2nc(C(F)(F)F)ccc12. The Bertz CT molecular complexity index is 1160. The zero-order valence-electron chi connectivity index (χ0n) is 16.2. The standard InChI is InChI=1S/C20H17F3N4O3S/c1-10-13-6-7-14(20(21,22)23)27-19(13)31-16(10)18(30)25-8-11-2-4-12(5-3-11)17(29)26-9-15(24)28/h2-7H,8-9H2,1H3,(H2,24,28)(H,25,30)(H,26,29). The maximum atomic E-state index is 12.9. The molecule has 0 saturated heterocycles. The Labute approximate surface area is 178 Å². The Morgan fingerprint density at radius 1 is 1.03 bits per heavy atom. The summed E-state index contributed by atoms with van der Waals surface area (Å²) in [6.07, 6.45) is -4.56. The number of thiophene rings is 1. The molecule has 0 aliphatic rings. The quantitative estimate of drug-likeness (QED) is 0.536. The van der Waals surface area contributed by atoms with E-state index >= 15 is 0 Å². The number of benzene rings is 1. The van der Waals surface area contributed by atoms with Gasteiger partial charge in [-0.25, -0.2) is 4.98 Å². The van der Waals surface area contributed by atoms with Crippen LogP contribution in [-0.4, -0.2) is 29.3 Å². The Hall–Kier alpha value is -3.47. The van der Waals surface area contributed by atoms with Gasteiger partial charge in [-0.15, -0.1) is 11.3 Å². The third kappa shape index (κ3) is 5.18. The lowest BCUT2D eigenvalue weighted by molar-refractivity contribution is -0.140. The number of pyridine rings is 1. The number of fused-ring (bicyclic) bond motifs is 1. The number of rotatable bonds is 6. The lowest BCUT2D eigenvalue weighted by Gasteiger charge is -2.07. The number of hydrogen-bond acceptors (Lipinski definition) is 5. The van der Waals surface area contributed by atoms with E-state index in [1.165, 1.54) is 18.2 Å². The summed E-state index contributed by atoms with van der Waals surface area (Å²) in [5.41, 5.74) is 5.55. The third-order valence-corrected chi connectivity index (χ3v) is 5.59. The number of aromatic nitrogens is 1. The smallest absolute Gasteiger partial charge is 0.368 e. The summed E-state index contributed by atoms with van der Waals surface area (Å²) in [7, 11) is 0. The number of alkyl halides is 3. The third-order valence-electron chi connectivity index (χ3n) is 4.39. The van der Waals surface area contributed by atoms with E-state index in [0.717, 1.165) is 17.4 Å². The summed E-state index contributed by atoms with van der Waals surface area (Å²) in [6.45, 7) is 1.53. The van der Waals surface area contributed by atoms with Crippen LogP contribution in [0, 0.1) is 6.92 Å². The first-order valence-corrected chi connectivity index (χ1v) is 9.79. The molecule has 3 amide bonds. The molecule has 0 radical (unpaired) electrons. The Balaban J connectivity index is 1.68. The molecule has 0 saturated carbocycles. The van der Waals surface area contributed by atoms with Gasteiger partial charge in [0.15, 0.2) is 0 Å². The van der Waals surface area contributed by atoms with Crippen LogP contribution in [0.4, 0.5) is 13.2 Å². The largest absolute Gasteiger partial charge is 0.433 e. The molecule has 0 unspecified atom stereocenters. The predicted molar refractivity (Wildman–Crippen MR) is 108 cm³/mol. The molecule has 0 atom stereocenters. The van der Waals surface area contributed by atoms with Crippen molar-refractivity contribution in [3.63, 3.8) is 0 Å². The maximum Gasteiger partial charge on any atom is 0.433 e. The highest BCUT2D eigenvalue weighted by Gasteiger charge is 2.33. The average molecular weight is 450 g/mol. The molecule has 3 rings (SSSR count). The molecule has 2 aromatic heterocycles. The van der Waals surface area contributed by atoms with Crippen molar-refractivity contribution >= 4 is 39.3 Å².